The van der Waals surface area contributed by atoms with Gasteiger partial charge in [0, 0.05) is 40.0 Å². The van der Waals surface area contributed by atoms with Crippen LogP contribution in [0.5, 0.6) is 5.75 Å². The fraction of sp³-hybridized carbons (Fsp3) is 0.667. The quantitative estimate of drug-likeness (QED) is 0.313. The summed E-state index contributed by atoms with van der Waals surface area (Å²) < 4.78 is 15.8. The second-order valence-electron chi connectivity index (χ2n) is 7.25. The molecule has 0 spiro atoms. The zero-order chi connectivity index (χ0) is 20.0. The molecule has 0 heterocycles. The normalized spacial score (nSPS) is 12.1. The predicted octanol–water partition coefficient (Wildman–Crippen LogP) is 3.22. The maximum Gasteiger partial charge on any atom is 0.191 e. The van der Waals surface area contributed by atoms with Crippen molar-refractivity contribution in [2.75, 3.05) is 47.1 Å². The zero-order valence-corrected chi connectivity index (χ0v) is 17.6. The topological polar surface area (TPSA) is 64.1 Å². The first kappa shape index (κ1) is 23.2. The van der Waals surface area contributed by atoms with Gasteiger partial charge in [-0.05, 0) is 42.9 Å². The molecule has 0 aliphatic heterocycles. The minimum atomic E-state index is 0.129. The Morgan fingerprint density at radius 3 is 2.44 bits per heavy atom. The van der Waals surface area contributed by atoms with Crippen molar-refractivity contribution in [3.63, 3.8) is 0 Å². The standard InChI is InChI=1S/C21H37N3O3/c1-6-27-14-7-13-22-20(24-17-21(2,3)12-15-25-4)23-16-18-8-10-19(26-5)11-9-18/h8-11H,6-7,12-17H2,1-5H3,(H2,22,23,24). The number of guanidine groups is 1. The second-order valence-corrected chi connectivity index (χ2v) is 7.25. The van der Waals surface area contributed by atoms with Crippen LogP contribution in [0.25, 0.3) is 0 Å². The van der Waals surface area contributed by atoms with E-state index >= 15 is 0 Å². The lowest BCUT2D eigenvalue weighted by Crippen LogP contribution is -2.43. The lowest BCUT2D eigenvalue weighted by molar-refractivity contribution is 0.145. The summed E-state index contributed by atoms with van der Waals surface area (Å²) >= 11 is 0. The van der Waals surface area contributed by atoms with Crippen molar-refractivity contribution in [3.8, 4) is 5.75 Å². The molecule has 0 saturated carbocycles. The number of ether oxygens (including phenoxy) is 3. The molecule has 0 amide bonds. The summed E-state index contributed by atoms with van der Waals surface area (Å²) in [6.07, 6.45) is 1.94. The van der Waals surface area contributed by atoms with Crippen LogP contribution in [0.4, 0.5) is 0 Å². The van der Waals surface area contributed by atoms with Crippen molar-refractivity contribution in [1.29, 1.82) is 0 Å². The SMILES string of the molecule is CCOCCCNC(=NCc1ccc(OC)cc1)NCC(C)(C)CCOC. The number of nitrogens with zero attached hydrogens (tertiary/aromatic N) is 1. The predicted molar refractivity (Wildman–Crippen MR) is 112 cm³/mol. The fourth-order valence-electron chi connectivity index (χ4n) is 2.39. The summed E-state index contributed by atoms with van der Waals surface area (Å²) in [5, 5.41) is 6.87. The summed E-state index contributed by atoms with van der Waals surface area (Å²) in [5.41, 5.74) is 1.27. The Morgan fingerprint density at radius 1 is 1.07 bits per heavy atom. The lowest BCUT2D eigenvalue weighted by Gasteiger charge is -2.26. The average Bonchev–Trinajstić information content (AvgIpc) is 2.68. The Bertz CT molecular complexity index is 530. The van der Waals surface area contributed by atoms with Gasteiger partial charge in [-0.3, -0.25) is 0 Å². The molecule has 0 atom stereocenters. The van der Waals surface area contributed by atoms with E-state index < -0.39 is 0 Å². The Labute approximate surface area is 164 Å². The molecule has 154 valence electrons. The molecule has 0 radical (unpaired) electrons. The first-order valence-electron chi connectivity index (χ1n) is 9.72. The molecule has 0 unspecified atom stereocenters. The fourth-order valence-corrected chi connectivity index (χ4v) is 2.39. The van der Waals surface area contributed by atoms with Crippen LogP contribution in [-0.2, 0) is 16.0 Å². The van der Waals surface area contributed by atoms with Gasteiger partial charge in [-0.2, -0.15) is 0 Å². The van der Waals surface area contributed by atoms with Gasteiger partial charge >= 0.3 is 0 Å². The van der Waals surface area contributed by atoms with Crippen molar-refractivity contribution in [1.82, 2.24) is 10.6 Å². The number of aliphatic imine (C=N–C) groups is 1. The number of rotatable bonds is 13. The van der Waals surface area contributed by atoms with Gasteiger partial charge in [0.05, 0.1) is 13.7 Å². The van der Waals surface area contributed by atoms with Crippen LogP contribution in [0.2, 0.25) is 0 Å². The second kappa shape index (κ2) is 13.4. The lowest BCUT2D eigenvalue weighted by atomic mass is 9.90. The summed E-state index contributed by atoms with van der Waals surface area (Å²) in [7, 11) is 3.41. The number of nitrogens with one attached hydrogen (secondary N) is 2. The smallest absolute Gasteiger partial charge is 0.191 e. The van der Waals surface area contributed by atoms with Crippen LogP contribution < -0.4 is 15.4 Å². The average molecular weight is 380 g/mol. The molecule has 1 rings (SSSR count). The van der Waals surface area contributed by atoms with E-state index in [0.29, 0.717) is 6.54 Å². The zero-order valence-electron chi connectivity index (χ0n) is 17.6. The summed E-state index contributed by atoms with van der Waals surface area (Å²) in [6, 6.07) is 8.00. The summed E-state index contributed by atoms with van der Waals surface area (Å²) in [5.74, 6) is 1.68. The monoisotopic (exact) mass is 379 g/mol. The maximum atomic E-state index is 5.40. The molecule has 6 nitrogen and oxygen atoms in total. The number of methoxy groups -OCH3 is 2. The number of hydrogen-bond donors (Lipinski definition) is 2. The Kier molecular flexibility index (Phi) is 11.5. The third kappa shape index (κ3) is 10.8. The van der Waals surface area contributed by atoms with Gasteiger partial charge in [0.25, 0.3) is 0 Å². The largest absolute Gasteiger partial charge is 0.497 e. The Morgan fingerprint density at radius 2 is 1.81 bits per heavy atom. The molecule has 0 fully saturated rings. The molecule has 6 heteroatoms. The van der Waals surface area contributed by atoms with Crippen molar-refractivity contribution >= 4 is 5.96 Å². The van der Waals surface area contributed by atoms with Crippen molar-refractivity contribution in [2.45, 2.75) is 40.2 Å². The van der Waals surface area contributed by atoms with Gasteiger partial charge in [0.1, 0.15) is 5.75 Å². The molecule has 1 aromatic carbocycles. The van der Waals surface area contributed by atoms with E-state index in [1.54, 1.807) is 14.2 Å². The van der Waals surface area contributed by atoms with E-state index in [1.165, 1.54) is 0 Å². The van der Waals surface area contributed by atoms with E-state index in [1.807, 2.05) is 31.2 Å². The molecule has 27 heavy (non-hydrogen) atoms. The van der Waals surface area contributed by atoms with E-state index in [9.17, 15) is 0 Å². The highest BCUT2D eigenvalue weighted by Crippen LogP contribution is 2.18. The van der Waals surface area contributed by atoms with Crippen molar-refractivity contribution in [2.24, 2.45) is 10.4 Å². The van der Waals surface area contributed by atoms with Gasteiger partial charge in [-0.25, -0.2) is 4.99 Å². The number of benzene rings is 1. The van der Waals surface area contributed by atoms with Crippen LogP contribution in [0.1, 0.15) is 39.2 Å². The third-order valence-corrected chi connectivity index (χ3v) is 4.26. The van der Waals surface area contributed by atoms with Gasteiger partial charge in [-0.15, -0.1) is 0 Å². The van der Waals surface area contributed by atoms with Crippen LogP contribution >= 0.6 is 0 Å². The van der Waals surface area contributed by atoms with E-state index in [2.05, 4.69) is 24.5 Å². The maximum absolute atomic E-state index is 5.40. The molecule has 0 aliphatic rings. The molecular formula is C21H37N3O3. The van der Waals surface area contributed by atoms with E-state index in [0.717, 1.165) is 63.0 Å². The molecule has 0 saturated heterocycles. The van der Waals surface area contributed by atoms with Crippen molar-refractivity contribution < 1.29 is 14.2 Å². The van der Waals surface area contributed by atoms with Crippen LogP contribution in [0.15, 0.2) is 29.3 Å². The summed E-state index contributed by atoms with van der Waals surface area (Å²) in [4.78, 5) is 4.73. The third-order valence-electron chi connectivity index (χ3n) is 4.26. The molecule has 1 aromatic rings. The molecule has 0 aromatic heterocycles. The first-order valence-corrected chi connectivity index (χ1v) is 9.72. The van der Waals surface area contributed by atoms with Crippen LogP contribution in [-0.4, -0.2) is 53.1 Å². The molecule has 0 bridgehead atoms. The van der Waals surface area contributed by atoms with E-state index in [4.69, 9.17) is 19.2 Å². The van der Waals surface area contributed by atoms with Gasteiger partial charge in [-0.1, -0.05) is 26.0 Å². The van der Waals surface area contributed by atoms with E-state index in [-0.39, 0.29) is 5.41 Å². The molecule has 2 N–H and O–H groups in total. The Balaban J connectivity index is 2.61. The van der Waals surface area contributed by atoms with Crippen LogP contribution in [0, 0.1) is 5.41 Å². The minimum absolute atomic E-state index is 0.129. The first-order chi connectivity index (χ1) is 13.0. The van der Waals surface area contributed by atoms with Crippen LogP contribution in [0.3, 0.4) is 0 Å². The van der Waals surface area contributed by atoms with Crippen molar-refractivity contribution in [3.05, 3.63) is 29.8 Å². The van der Waals surface area contributed by atoms with Gasteiger partial charge < -0.3 is 24.8 Å². The summed E-state index contributed by atoms with van der Waals surface area (Å²) in [6.45, 7) is 11.0. The highest BCUT2D eigenvalue weighted by Gasteiger charge is 2.18. The number of hydrogen-bond acceptors (Lipinski definition) is 4. The minimum Gasteiger partial charge on any atom is -0.497 e. The van der Waals surface area contributed by atoms with Gasteiger partial charge in [0.2, 0.25) is 0 Å². The Hall–Kier alpha value is -1.79. The molecular weight excluding hydrogens is 342 g/mol. The highest BCUT2D eigenvalue weighted by molar-refractivity contribution is 5.79. The molecule has 0 aliphatic carbocycles. The highest BCUT2D eigenvalue weighted by atomic mass is 16.5. The van der Waals surface area contributed by atoms with Gasteiger partial charge in [0.15, 0.2) is 5.96 Å².